The molecule has 0 saturated heterocycles. The summed E-state index contributed by atoms with van der Waals surface area (Å²) in [5, 5.41) is 0. The van der Waals surface area contributed by atoms with Gasteiger partial charge in [0.2, 0.25) is 5.43 Å². The summed E-state index contributed by atoms with van der Waals surface area (Å²) in [6.45, 7) is 4.77. The fourth-order valence-electron chi connectivity index (χ4n) is 4.10. The summed E-state index contributed by atoms with van der Waals surface area (Å²) in [4.78, 5) is 24.7. The predicted octanol–water partition coefficient (Wildman–Crippen LogP) is 7.33. The number of Topliss-reactive ketones (excluding diaryl/α,β-unsaturated/α-hetero) is 1. The highest BCUT2D eigenvalue weighted by atomic mass is 16.5. The smallest absolute Gasteiger partial charge is 0.224 e. The third-order valence-electron chi connectivity index (χ3n) is 5.94. The molecule has 0 aliphatic carbocycles. The molecular formula is C28H41NO3. The van der Waals surface area contributed by atoms with Crippen LogP contribution in [0.15, 0.2) is 47.4 Å². The lowest BCUT2D eigenvalue weighted by atomic mass is 10.1. The molecule has 0 fully saturated rings. The van der Waals surface area contributed by atoms with E-state index in [2.05, 4.69) is 6.92 Å². The van der Waals surface area contributed by atoms with Crippen LogP contribution in [0.3, 0.4) is 0 Å². The van der Waals surface area contributed by atoms with Gasteiger partial charge in [0, 0.05) is 25.7 Å². The number of hydrogen-bond acceptors (Lipinski definition) is 3. The van der Waals surface area contributed by atoms with Crippen LogP contribution in [0, 0.1) is 0 Å². The minimum absolute atomic E-state index is 0.135. The molecule has 0 amide bonds. The quantitative estimate of drug-likeness (QED) is 0.191. The van der Waals surface area contributed by atoms with Gasteiger partial charge in [-0.05, 0) is 12.0 Å². The molecule has 4 heteroatoms. The Morgan fingerprint density at radius 3 is 1.94 bits per heavy atom. The van der Waals surface area contributed by atoms with Gasteiger partial charge in [0.15, 0.2) is 11.5 Å². The van der Waals surface area contributed by atoms with Crippen molar-refractivity contribution in [3.05, 3.63) is 64.1 Å². The monoisotopic (exact) mass is 439 g/mol. The lowest BCUT2D eigenvalue weighted by molar-refractivity contribution is 0.0997. The molecule has 1 aromatic heterocycles. The minimum atomic E-state index is -0.239. The first-order valence-electron chi connectivity index (χ1n) is 12.5. The van der Waals surface area contributed by atoms with Gasteiger partial charge in [0.25, 0.3) is 0 Å². The summed E-state index contributed by atoms with van der Waals surface area (Å²) < 4.78 is 7.70. The molecule has 0 N–H and O–H groups in total. The lowest BCUT2D eigenvalue weighted by Gasteiger charge is -2.16. The van der Waals surface area contributed by atoms with Crippen molar-refractivity contribution in [2.24, 2.45) is 0 Å². The first kappa shape index (κ1) is 25.9. The maximum atomic E-state index is 12.4. The number of aryl methyl sites for hydroxylation is 1. The van der Waals surface area contributed by atoms with Crippen LogP contribution in [-0.4, -0.2) is 10.4 Å². The maximum Gasteiger partial charge on any atom is 0.224 e. The predicted molar refractivity (Wildman–Crippen MR) is 133 cm³/mol. The number of ketones is 1. The number of benzene rings is 1. The van der Waals surface area contributed by atoms with Crippen molar-refractivity contribution in [2.45, 2.75) is 104 Å². The number of carbonyl (C=O) groups is 1. The largest absolute Gasteiger partial charge is 0.483 e. The first-order chi connectivity index (χ1) is 15.6. The van der Waals surface area contributed by atoms with Gasteiger partial charge in [-0.1, -0.05) is 108 Å². The third-order valence-corrected chi connectivity index (χ3v) is 5.94. The molecule has 0 saturated carbocycles. The second-order valence-electron chi connectivity index (χ2n) is 8.77. The third kappa shape index (κ3) is 9.42. The SMILES string of the molecule is CCCCCCCCCCCCCCn1ccc(=O)c(OCc2ccccc2)c1C(C)=O. The highest BCUT2D eigenvalue weighted by Crippen LogP contribution is 2.18. The Bertz CT molecular complexity index is 842. The zero-order valence-corrected chi connectivity index (χ0v) is 20.1. The number of aromatic nitrogens is 1. The van der Waals surface area contributed by atoms with E-state index in [1.54, 1.807) is 6.20 Å². The van der Waals surface area contributed by atoms with Crippen LogP contribution in [0.2, 0.25) is 0 Å². The number of ether oxygens (including phenoxy) is 1. The molecule has 4 nitrogen and oxygen atoms in total. The van der Waals surface area contributed by atoms with Crippen LogP contribution in [0.1, 0.15) is 107 Å². The summed E-state index contributed by atoms with van der Waals surface area (Å²) in [5.74, 6) is 0.0347. The Kier molecular flexibility index (Phi) is 12.5. The van der Waals surface area contributed by atoms with Crippen LogP contribution < -0.4 is 10.2 Å². The molecule has 0 unspecified atom stereocenters. The van der Waals surface area contributed by atoms with Gasteiger partial charge in [0.1, 0.15) is 12.3 Å². The molecule has 2 rings (SSSR count). The molecule has 1 aromatic carbocycles. The zero-order valence-electron chi connectivity index (χ0n) is 20.1. The highest BCUT2D eigenvalue weighted by molar-refractivity contribution is 5.95. The number of unbranched alkanes of at least 4 members (excludes halogenated alkanes) is 11. The van der Waals surface area contributed by atoms with E-state index in [4.69, 9.17) is 4.74 Å². The molecule has 0 spiro atoms. The summed E-state index contributed by atoms with van der Waals surface area (Å²) in [5.41, 5.74) is 1.12. The molecular weight excluding hydrogens is 398 g/mol. The minimum Gasteiger partial charge on any atom is -0.483 e. The van der Waals surface area contributed by atoms with Crippen LogP contribution in [-0.2, 0) is 13.2 Å². The number of hydrogen-bond donors (Lipinski definition) is 0. The van der Waals surface area contributed by atoms with E-state index in [1.165, 1.54) is 77.2 Å². The van der Waals surface area contributed by atoms with Crippen molar-refractivity contribution in [1.29, 1.82) is 0 Å². The Balaban J connectivity index is 1.75. The van der Waals surface area contributed by atoms with Gasteiger partial charge in [-0.3, -0.25) is 9.59 Å². The normalized spacial score (nSPS) is 10.9. The molecule has 176 valence electrons. The van der Waals surface area contributed by atoms with Crippen molar-refractivity contribution in [2.75, 3.05) is 0 Å². The summed E-state index contributed by atoms with van der Waals surface area (Å²) in [6, 6.07) is 11.2. The van der Waals surface area contributed by atoms with E-state index in [1.807, 2.05) is 34.9 Å². The van der Waals surface area contributed by atoms with Crippen LogP contribution in [0.25, 0.3) is 0 Å². The molecule has 0 bridgehead atoms. The Hall–Kier alpha value is -2.36. The van der Waals surface area contributed by atoms with Gasteiger partial charge in [-0.2, -0.15) is 0 Å². The second-order valence-corrected chi connectivity index (χ2v) is 8.77. The Morgan fingerprint density at radius 1 is 0.812 bits per heavy atom. The van der Waals surface area contributed by atoms with Gasteiger partial charge in [-0.25, -0.2) is 0 Å². The van der Waals surface area contributed by atoms with Gasteiger partial charge < -0.3 is 9.30 Å². The number of nitrogens with zero attached hydrogens (tertiary/aromatic N) is 1. The van der Waals surface area contributed by atoms with Gasteiger partial charge >= 0.3 is 0 Å². The second kappa shape index (κ2) is 15.4. The van der Waals surface area contributed by atoms with Crippen molar-refractivity contribution in [3.8, 4) is 5.75 Å². The van der Waals surface area contributed by atoms with E-state index >= 15 is 0 Å². The standard InChI is InChI=1S/C28H41NO3/c1-3-4-5-6-7-8-9-10-11-12-13-17-21-29-22-20-26(31)28(27(29)24(2)30)32-23-25-18-15-14-16-19-25/h14-16,18-20,22H,3-13,17,21,23H2,1-2H3. The topological polar surface area (TPSA) is 48.3 Å². The van der Waals surface area contributed by atoms with E-state index < -0.39 is 0 Å². The first-order valence-corrected chi connectivity index (χ1v) is 12.5. The summed E-state index contributed by atoms with van der Waals surface area (Å²) in [6.07, 6.45) is 17.3. The number of rotatable bonds is 17. The maximum absolute atomic E-state index is 12.4. The van der Waals surface area contributed by atoms with E-state index in [9.17, 15) is 9.59 Å². The van der Waals surface area contributed by atoms with Crippen LogP contribution in [0.4, 0.5) is 0 Å². The average Bonchev–Trinajstić information content (AvgIpc) is 2.80. The van der Waals surface area contributed by atoms with E-state index in [0.29, 0.717) is 5.69 Å². The molecule has 0 radical (unpaired) electrons. The molecule has 2 aromatic rings. The van der Waals surface area contributed by atoms with E-state index in [-0.39, 0.29) is 23.6 Å². The van der Waals surface area contributed by atoms with E-state index in [0.717, 1.165) is 24.9 Å². The van der Waals surface area contributed by atoms with Crippen molar-refractivity contribution >= 4 is 5.78 Å². The van der Waals surface area contributed by atoms with Crippen molar-refractivity contribution in [3.63, 3.8) is 0 Å². The molecule has 0 aliphatic heterocycles. The summed E-state index contributed by atoms with van der Waals surface area (Å²) in [7, 11) is 0. The summed E-state index contributed by atoms with van der Waals surface area (Å²) >= 11 is 0. The molecule has 0 aliphatic rings. The fourth-order valence-corrected chi connectivity index (χ4v) is 4.10. The van der Waals surface area contributed by atoms with Gasteiger partial charge in [-0.15, -0.1) is 0 Å². The van der Waals surface area contributed by atoms with Gasteiger partial charge in [0.05, 0.1) is 0 Å². The number of carbonyl (C=O) groups excluding carboxylic acids is 1. The van der Waals surface area contributed by atoms with Crippen molar-refractivity contribution in [1.82, 2.24) is 4.57 Å². The lowest BCUT2D eigenvalue weighted by Crippen LogP contribution is -2.19. The average molecular weight is 440 g/mol. The molecule has 1 heterocycles. The van der Waals surface area contributed by atoms with Crippen LogP contribution >= 0.6 is 0 Å². The Morgan fingerprint density at radius 2 is 1.38 bits per heavy atom. The Labute approximate surface area is 194 Å². The molecule has 0 atom stereocenters. The zero-order chi connectivity index (χ0) is 23.0. The van der Waals surface area contributed by atoms with Crippen LogP contribution in [0.5, 0.6) is 5.75 Å². The molecule has 32 heavy (non-hydrogen) atoms. The van der Waals surface area contributed by atoms with Crippen molar-refractivity contribution < 1.29 is 9.53 Å². The highest BCUT2D eigenvalue weighted by Gasteiger charge is 2.17. The fraction of sp³-hybridized carbons (Fsp3) is 0.571. The number of pyridine rings is 1.